The standard InChI is InChI=1S/C16H22ClF3N2/c1-12(16(18,19)20)22-10-8-15(7-2-9-21-11-15)13-3-5-14(17)6-4-13/h3-6,12,21-22H,2,7-11H2,1H3/t12-,15+/m0/s1. The first-order chi connectivity index (χ1) is 10.3. The van der Waals surface area contributed by atoms with Gasteiger partial charge in [-0.05, 0) is 57.0 Å². The van der Waals surface area contributed by atoms with Gasteiger partial charge in [-0.1, -0.05) is 23.7 Å². The van der Waals surface area contributed by atoms with Crippen LogP contribution in [0.1, 0.15) is 31.7 Å². The number of hydrogen-bond acceptors (Lipinski definition) is 2. The number of hydrogen-bond donors (Lipinski definition) is 2. The summed E-state index contributed by atoms with van der Waals surface area (Å²) in [6, 6.07) is 6.19. The smallest absolute Gasteiger partial charge is 0.316 e. The van der Waals surface area contributed by atoms with Gasteiger partial charge >= 0.3 is 6.18 Å². The Morgan fingerprint density at radius 3 is 2.55 bits per heavy atom. The minimum atomic E-state index is -4.20. The molecule has 0 bridgehead atoms. The van der Waals surface area contributed by atoms with Crippen molar-refractivity contribution in [1.29, 1.82) is 0 Å². The van der Waals surface area contributed by atoms with E-state index in [0.717, 1.165) is 38.4 Å². The summed E-state index contributed by atoms with van der Waals surface area (Å²) in [4.78, 5) is 0. The molecular weight excluding hydrogens is 313 g/mol. The van der Waals surface area contributed by atoms with Gasteiger partial charge in [0, 0.05) is 17.0 Å². The van der Waals surface area contributed by atoms with Crippen LogP contribution in [-0.2, 0) is 5.41 Å². The third-order valence-corrected chi connectivity index (χ3v) is 4.73. The van der Waals surface area contributed by atoms with Crippen LogP contribution in [0.4, 0.5) is 13.2 Å². The molecule has 6 heteroatoms. The molecule has 1 aliphatic heterocycles. The molecule has 0 unspecified atom stereocenters. The topological polar surface area (TPSA) is 24.1 Å². The van der Waals surface area contributed by atoms with E-state index in [-0.39, 0.29) is 5.41 Å². The van der Waals surface area contributed by atoms with Crippen molar-refractivity contribution in [2.24, 2.45) is 0 Å². The molecule has 2 nitrogen and oxygen atoms in total. The Labute approximate surface area is 134 Å². The number of piperidine rings is 1. The third kappa shape index (κ3) is 4.37. The van der Waals surface area contributed by atoms with Crippen LogP contribution in [0.5, 0.6) is 0 Å². The van der Waals surface area contributed by atoms with E-state index >= 15 is 0 Å². The molecule has 0 saturated carbocycles. The van der Waals surface area contributed by atoms with E-state index in [9.17, 15) is 13.2 Å². The van der Waals surface area contributed by atoms with Crippen LogP contribution in [0.25, 0.3) is 0 Å². The van der Waals surface area contributed by atoms with E-state index < -0.39 is 12.2 Å². The maximum atomic E-state index is 12.6. The van der Waals surface area contributed by atoms with Gasteiger partial charge in [0.2, 0.25) is 0 Å². The van der Waals surface area contributed by atoms with Gasteiger partial charge in [-0.15, -0.1) is 0 Å². The fraction of sp³-hybridized carbons (Fsp3) is 0.625. The zero-order chi connectivity index (χ0) is 16.2. The number of benzene rings is 1. The largest absolute Gasteiger partial charge is 0.403 e. The van der Waals surface area contributed by atoms with Gasteiger partial charge in [-0.25, -0.2) is 0 Å². The monoisotopic (exact) mass is 334 g/mol. The van der Waals surface area contributed by atoms with Crippen LogP contribution in [0.3, 0.4) is 0 Å². The Balaban J connectivity index is 2.05. The molecule has 124 valence electrons. The van der Waals surface area contributed by atoms with Crippen molar-refractivity contribution < 1.29 is 13.2 Å². The first-order valence-corrected chi connectivity index (χ1v) is 7.98. The van der Waals surface area contributed by atoms with Gasteiger partial charge in [-0.3, -0.25) is 0 Å². The fourth-order valence-corrected chi connectivity index (χ4v) is 3.15. The molecule has 2 N–H and O–H groups in total. The van der Waals surface area contributed by atoms with Gasteiger partial charge < -0.3 is 10.6 Å². The van der Waals surface area contributed by atoms with Gasteiger partial charge in [0.15, 0.2) is 0 Å². The Hall–Kier alpha value is -0.780. The highest BCUT2D eigenvalue weighted by Crippen LogP contribution is 2.35. The summed E-state index contributed by atoms with van der Waals surface area (Å²) in [6.07, 6.45) is -1.53. The maximum absolute atomic E-state index is 12.6. The van der Waals surface area contributed by atoms with Crippen molar-refractivity contribution in [3.05, 3.63) is 34.9 Å². The average Bonchev–Trinajstić information content (AvgIpc) is 2.48. The Kier molecular flexibility index (Phi) is 5.75. The van der Waals surface area contributed by atoms with E-state index in [1.165, 1.54) is 0 Å². The summed E-state index contributed by atoms with van der Waals surface area (Å²) in [5.74, 6) is 0. The summed E-state index contributed by atoms with van der Waals surface area (Å²) in [7, 11) is 0. The van der Waals surface area contributed by atoms with Crippen LogP contribution in [0.2, 0.25) is 5.02 Å². The number of halogens is 4. The van der Waals surface area contributed by atoms with Crippen molar-refractivity contribution in [2.45, 2.75) is 43.8 Å². The minimum Gasteiger partial charge on any atom is -0.316 e. The molecule has 1 saturated heterocycles. The summed E-state index contributed by atoms with van der Waals surface area (Å²) in [5, 5.41) is 6.64. The summed E-state index contributed by atoms with van der Waals surface area (Å²) < 4.78 is 37.8. The van der Waals surface area contributed by atoms with Crippen molar-refractivity contribution in [2.75, 3.05) is 19.6 Å². The molecule has 2 atom stereocenters. The van der Waals surface area contributed by atoms with E-state index in [0.29, 0.717) is 18.0 Å². The second-order valence-corrected chi connectivity index (χ2v) is 6.47. The van der Waals surface area contributed by atoms with Crippen LogP contribution >= 0.6 is 11.6 Å². The number of rotatable bonds is 5. The predicted octanol–water partition coefficient (Wildman–Crippen LogP) is 3.89. The number of nitrogens with one attached hydrogen (secondary N) is 2. The van der Waals surface area contributed by atoms with Gasteiger partial charge in [-0.2, -0.15) is 13.2 Å². The van der Waals surface area contributed by atoms with Crippen LogP contribution < -0.4 is 10.6 Å². The molecule has 0 radical (unpaired) electrons. The Morgan fingerprint density at radius 1 is 1.32 bits per heavy atom. The summed E-state index contributed by atoms with van der Waals surface area (Å²) in [6.45, 7) is 3.25. The van der Waals surface area contributed by atoms with Crippen molar-refractivity contribution in [3.63, 3.8) is 0 Å². The molecule has 2 rings (SSSR count). The van der Waals surface area contributed by atoms with Crippen molar-refractivity contribution >= 4 is 11.6 Å². The highest BCUT2D eigenvalue weighted by molar-refractivity contribution is 6.30. The zero-order valence-corrected chi connectivity index (χ0v) is 13.4. The fourth-order valence-electron chi connectivity index (χ4n) is 3.02. The molecule has 1 aromatic carbocycles. The predicted molar refractivity (Wildman–Crippen MR) is 83.4 cm³/mol. The molecule has 1 heterocycles. The zero-order valence-electron chi connectivity index (χ0n) is 12.6. The van der Waals surface area contributed by atoms with Gasteiger partial charge in [0.25, 0.3) is 0 Å². The second kappa shape index (κ2) is 7.20. The van der Waals surface area contributed by atoms with Gasteiger partial charge in [0.05, 0.1) is 0 Å². The highest BCUT2D eigenvalue weighted by atomic mass is 35.5. The molecule has 0 aliphatic carbocycles. The van der Waals surface area contributed by atoms with E-state index in [4.69, 9.17) is 11.6 Å². The average molecular weight is 335 g/mol. The van der Waals surface area contributed by atoms with E-state index in [1.807, 2.05) is 24.3 Å². The van der Waals surface area contributed by atoms with Crippen LogP contribution in [0.15, 0.2) is 24.3 Å². The Bertz CT molecular complexity index is 467. The van der Waals surface area contributed by atoms with Crippen LogP contribution in [-0.4, -0.2) is 31.9 Å². The molecular formula is C16H22ClF3N2. The molecule has 22 heavy (non-hydrogen) atoms. The quantitative estimate of drug-likeness (QED) is 0.853. The lowest BCUT2D eigenvalue weighted by Gasteiger charge is -2.39. The highest BCUT2D eigenvalue weighted by Gasteiger charge is 2.37. The molecule has 1 aromatic rings. The van der Waals surface area contributed by atoms with Crippen molar-refractivity contribution in [1.82, 2.24) is 10.6 Å². The lowest BCUT2D eigenvalue weighted by Crippen LogP contribution is -2.47. The lowest BCUT2D eigenvalue weighted by molar-refractivity contribution is -0.151. The summed E-state index contributed by atoms with van der Waals surface area (Å²) >= 11 is 5.94. The first-order valence-electron chi connectivity index (χ1n) is 7.60. The molecule has 0 aromatic heterocycles. The maximum Gasteiger partial charge on any atom is 0.403 e. The number of alkyl halides is 3. The van der Waals surface area contributed by atoms with Gasteiger partial charge in [0.1, 0.15) is 6.04 Å². The van der Waals surface area contributed by atoms with E-state index in [2.05, 4.69) is 10.6 Å². The third-order valence-electron chi connectivity index (χ3n) is 4.47. The summed E-state index contributed by atoms with van der Waals surface area (Å²) in [5.41, 5.74) is 1.02. The van der Waals surface area contributed by atoms with Crippen molar-refractivity contribution in [3.8, 4) is 0 Å². The normalized spacial score (nSPS) is 24.2. The second-order valence-electron chi connectivity index (χ2n) is 6.03. The van der Waals surface area contributed by atoms with E-state index in [1.54, 1.807) is 0 Å². The molecule has 1 aliphatic rings. The molecule has 0 amide bonds. The molecule has 1 fully saturated rings. The minimum absolute atomic E-state index is 0.124. The first kappa shape index (κ1) is 17.6. The Morgan fingerprint density at radius 2 is 2.00 bits per heavy atom. The lowest BCUT2D eigenvalue weighted by atomic mass is 9.72. The molecule has 0 spiro atoms. The SMILES string of the molecule is C[C@H](NCC[C@]1(c2ccc(Cl)cc2)CCCNC1)C(F)(F)F. The van der Waals surface area contributed by atoms with Crippen LogP contribution in [0, 0.1) is 0 Å².